The second kappa shape index (κ2) is 5.81. The van der Waals surface area contributed by atoms with Gasteiger partial charge < -0.3 is 20.1 Å². The van der Waals surface area contributed by atoms with Crippen molar-refractivity contribution in [1.29, 1.82) is 0 Å². The molecule has 0 radical (unpaired) electrons. The summed E-state index contributed by atoms with van der Waals surface area (Å²) in [5.74, 6) is 0.708. The van der Waals surface area contributed by atoms with Crippen LogP contribution in [0.1, 0.15) is 19.8 Å². The summed E-state index contributed by atoms with van der Waals surface area (Å²) in [5.41, 5.74) is 5.64. The summed E-state index contributed by atoms with van der Waals surface area (Å²) in [5, 5.41) is 0. The van der Waals surface area contributed by atoms with Crippen LogP contribution in [0.4, 0.5) is 11.9 Å². The zero-order valence-electron chi connectivity index (χ0n) is 10.8. The monoisotopic (exact) mass is 253 g/mol. The van der Waals surface area contributed by atoms with E-state index in [0.29, 0.717) is 5.95 Å². The molecule has 1 saturated heterocycles. The third kappa shape index (κ3) is 2.98. The van der Waals surface area contributed by atoms with Crippen LogP contribution in [0.3, 0.4) is 0 Å². The SMILES string of the molecule is CCN(CC1CCCO1)c1nc(N)nc(OC)n1. The number of nitrogens with two attached hydrogens (primary N) is 1. The second-order valence-corrected chi connectivity index (χ2v) is 4.15. The number of anilines is 2. The molecule has 0 spiro atoms. The Morgan fingerprint density at radius 1 is 1.44 bits per heavy atom. The van der Waals surface area contributed by atoms with Crippen molar-refractivity contribution in [2.45, 2.75) is 25.9 Å². The standard InChI is InChI=1S/C11H19N5O2/c1-3-16(7-8-5-4-6-18-8)10-13-9(12)14-11(15-10)17-2/h8H,3-7H2,1-2H3,(H2,12,13,14,15). The van der Waals surface area contributed by atoms with E-state index in [2.05, 4.69) is 15.0 Å². The molecule has 1 aliphatic heterocycles. The van der Waals surface area contributed by atoms with Crippen molar-refractivity contribution in [2.75, 3.05) is 37.4 Å². The van der Waals surface area contributed by atoms with E-state index in [1.165, 1.54) is 7.11 Å². The highest BCUT2D eigenvalue weighted by Gasteiger charge is 2.20. The van der Waals surface area contributed by atoms with Crippen molar-refractivity contribution in [3.05, 3.63) is 0 Å². The Balaban J connectivity index is 2.12. The number of nitrogen functional groups attached to an aromatic ring is 1. The average molecular weight is 253 g/mol. The lowest BCUT2D eigenvalue weighted by atomic mass is 10.2. The average Bonchev–Trinajstić information content (AvgIpc) is 2.88. The van der Waals surface area contributed by atoms with Crippen LogP contribution >= 0.6 is 0 Å². The summed E-state index contributed by atoms with van der Waals surface area (Å²) in [6.45, 7) is 4.43. The third-order valence-corrected chi connectivity index (χ3v) is 2.92. The van der Waals surface area contributed by atoms with Crippen molar-refractivity contribution in [1.82, 2.24) is 15.0 Å². The Kier molecular flexibility index (Phi) is 4.14. The van der Waals surface area contributed by atoms with E-state index < -0.39 is 0 Å². The Morgan fingerprint density at radius 3 is 2.89 bits per heavy atom. The van der Waals surface area contributed by atoms with Gasteiger partial charge in [-0.05, 0) is 19.8 Å². The van der Waals surface area contributed by atoms with Crippen LogP contribution in [0.25, 0.3) is 0 Å². The molecular formula is C11H19N5O2. The molecular weight excluding hydrogens is 234 g/mol. The van der Waals surface area contributed by atoms with Crippen molar-refractivity contribution in [2.24, 2.45) is 0 Å². The first kappa shape index (κ1) is 12.8. The van der Waals surface area contributed by atoms with Crippen LogP contribution in [0.2, 0.25) is 0 Å². The number of methoxy groups -OCH3 is 1. The Bertz CT molecular complexity index is 395. The van der Waals surface area contributed by atoms with Crippen LogP contribution in [-0.2, 0) is 4.74 Å². The van der Waals surface area contributed by atoms with Gasteiger partial charge in [0.1, 0.15) is 0 Å². The van der Waals surface area contributed by atoms with Gasteiger partial charge in [-0.1, -0.05) is 0 Å². The molecule has 0 aliphatic carbocycles. The van der Waals surface area contributed by atoms with E-state index in [4.69, 9.17) is 15.2 Å². The number of hydrogen-bond acceptors (Lipinski definition) is 7. The number of hydrogen-bond donors (Lipinski definition) is 1. The van der Waals surface area contributed by atoms with E-state index in [0.717, 1.165) is 32.5 Å². The van der Waals surface area contributed by atoms with Gasteiger partial charge in [-0.3, -0.25) is 0 Å². The topological polar surface area (TPSA) is 86.4 Å². The molecule has 1 aromatic heterocycles. The quantitative estimate of drug-likeness (QED) is 0.816. The van der Waals surface area contributed by atoms with Crippen LogP contribution < -0.4 is 15.4 Å². The summed E-state index contributed by atoms with van der Waals surface area (Å²) in [6, 6.07) is 0.239. The summed E-state index contributed by atoms with van der Waals surface area (Å²) in [7, 11) is 1.51. The first-order valence-corrected chi connectivity index (χ1v) is 6.15. The van der Waals surface area contributed by atoms with Gasteiger partial charge in [-0.2, -0.15) is 15.0 Å². The van der Waals surface area contributed by atoms with Gasteiger partial charge >= 0.3 is 6.01 Å². The van der Waals surface area contributed by atoms with E-state index in [9.17, 15) is 0 Å². The molecule has 7 heteroatoms. The Labute approximate surface area is 106 Å². The zero-order valence-corrected chi connectivity index (χ0v) is 10.8. The van der Waals surface area contributed by atoms with Gasteiger partial charge in [-0.25, -0.2) is 0 Å². The highest BCUT2D eigenvalue weighted by Crippen LogP contribution is 2.18. The number of rotatable bonds is 5. The zero-order chi connectivity index (χ0) is 13.0. The van der Waals surface area contributed by atoms with Crippen molar-refractivity contribution >= 4 is 11.9 Å². The molecule has 1 atom stereocenters. The molecule has 2 N–H and O–H groups in total. The Morgan fingerprint density at radius 2 is 2.28 bits per heavy atom. The van der Waals surface area contributed by atoms with Gasteiger partial charge in [-0.15, -0.1) is 0 Å². The van der Waals surface area contributed by atoms with Gasteiger partial charge in [0.25, 0.3) is 0 Å². The van der Waals surface area contributed by atoms with Gasteiger partial charge in [0, 0.05) is 19.7 Å². The highest BCUT2D eigenvalue weighted by atomic mass is 16.5. The Hall–Kier alpha value is -1.63. The maximum absolute atomic E-state index is 5.64. The summed E-state index contributed by atoms with van der Waals surface area (Å²) in [4.78, 5) is 14.3. The molecule has 18 heavy (non-hydrogen) atoms. The minimum absolute atomic E-state index is 0.169. The third-order valence-electron chi connectivity index (χ3n) is 2.92. The van der Waals surface area contributed by atoms with Crippen LogP contribution in [0, 0.1) is 0 Å². The second-order valence-electron chi connectivity index (χ2n) is 4.15. The van der Waals surface area contributed by atoms with Crippen molar-refractivity contribution in [3.63, 3.8) is 0 Å². The molecule has 1 aromatic rings. The van der Waals surface area contributed by atoms with E-state index in [-0.39, 0.29) is 18.1 Å². The lowest BCUT2D eigenvalue weighted by Gasteiger charge is -2.23. The summed E-state index contributed by atoms with van der Waals surface area (Å²) >= 11 is 0. The molecule has 1 fully saturated rings. The van der Waals surface area contributed by atoms with Gasteiger partial charge in [0.2, 0.25) is 11.9 Å². The molecule has 0 bridgehead atoms. The minimum atomic E-state index is 0.169. The largest absolute Gasteiger partial charge is 0.467 e. The smallest absolute Gasteiger partial charge is 0.322 e. The molecule has 7 nitrogen and oxygen atoms in total. The van der Waals surface area contributed by atoms with Gasteiger partial charge in [0.05, 0.1) is 13.2 Å². The van der Waals surface area contributed by atoms with Crippen LogP contribution in [0.5, 0.6) is 6.01 Å². The number of ether oxygens (including phenoxy) is 2. The molecule has 0 saturated carbocycles. The molecule has 1 aliphatic rings. The minimum Gasteiger partial charge on any atom is -0.467 e. The fraction of sp³-hybridized carbons (Fsp3) is 0.727. The van der Waals surface area contributed by atoms with Crippen molar-refractivity contribution in [3.8, 4) is 6.01 Å². The lowest BCUT2D eigenvalue weighted by Crippen LogP contribution is -2.33. The lowest BCUT2D eigenvalue weighted by molar-refractivity contribution is 0.115. The van der Waals surface area contributed by atoms with E-state index in [1.807, 2.05) is 11.8 Å². The number of likely N-dealkylation sites (N-methyl/N-ethyl adjacent to an activating group) is 1. The molecule has 1 unspecified atom stereocenters. The normalized spacial score (nSPS) is 18.9. The first-order chi connectivity index (χ1) is 8.72. The first-order valence-electron chi connectivity index (χ1n) is 6.15. The molecule has 0 amide bonds. The fourth-order valence-electron chi connectivity index (χ4n) is 1.98. The fourth-order valence-corrected chi connectivity index (χ4v) is 1.98. The molecule has 2 heterocycles. The van der Waals surface area contributed by atoms with Gasteiger partial charge in [0.15, 0.2) is 0 Å². The highest BCUT2D eigenvalue weighted by molar-refractivity contribution is 5.36. The van der Waals surface area contributed by atoms with Crippen molar-refractivity contribution < 1.29 is 9.47 Å². The predicted molar refractivity (Wildman–Crippen MR) is 67.7 cm³/mol. The molecule has 100 valence electrons. The van der Waals surface area contributed by atoms with Crippen LogP contribution in [-0.4, -0.2) is 47.9 Å². The van der Waals surface area contributed by atoms with E-state index in [1.54, 1.807) is 0 Å². The maximum Gasteiger partial charge on any atom is 0.322 e. The maximum atomic E-state index is 5.64. The van der Waals surface area contributed by atoms with Crippen LogP contribution in [0.15, 0.2) is 0 Å². The molecule has 0 aromatic carbocycles. The summed E-state index contributed by atoms with van der Waals surface area (Å²) in [6.07, 6.45) is 2.44. The molecule has 2 rings (SSSR count). The predicted octanol–water partition coefficient (Wildman–Crippen LogP) is 0.468. The summed E-state index contributed by atoms with van der Waals surface area (Å²) < 4.78 is 10.6. The van der Waals surface area contributed by atoms with E-state index >= 15 is 0 Å². The number of aromatic nitrogens is 3. The number of nitrogens with zero attached hydrogens (tertiary/aromatic N) is 4.